The van der Waals surface area contributed by atoms with Gasteiger partial charge in [-0.05, 0) is 49.6 Å². The average molecular weight is 430 g/mol. The average Bonchev–Trinajstić information content (AvgIpc) is 3.18. The molecule has 2 N–H and O–H groups in total. The molecule has 29 heavy (non-hydrogen) atoms. The van der Waals surface area contributed by atoms with Gasteiger partial charge in [-0.1, -0.05) is 30.8 Å². The molecule has 1 aromatic heterocycles. The van der Waals surface area contributed by atoms with Crippen LogP contribution < -0.4 is 14.8 Å². The fourth-order valence-corrected chi connectivity index (χ4v) is 4.48. The highest BCUT2D eigenvalue weighted by molar-refractivity contribution is 7.80. The summed E-state index contributed by atoms with van der Waals surface area (Å²) in [5.41, 5.74) is 3.13. The molecule has 0 amide bonds. The van der Waals surface area contributed by atoms with Crippen LogP contribution in [0, 0.1) is 0 Å². The molecule has 3 aromatic rings. The van der Waals surface area contributed by atoms with E-state index in [0.717, 1.165) is 58.2 Å². The van der Waals surface area contributed by atoms with Gasteiger partial charge in [-0.3, -0.25) is 0 Å². The van der Waals surface area contributed by atoms with Gasteiger partial charge in [0.15, 0.2) is 11.5 Å². The third-order valence-electron chi connectivity index (χ3n) is 5.61. The Morgan fingerprint density at radius 1 is 1.07 bits per heavy atom. The maximum atomic E-state index is 5.68. The molecule has 2 atom stereocenters. The molecule has 152 valence electrons. The molecule has 1 saturated carbocycles. The first-order chi connectivity index (χ1) is 13.8. The van der Waals surface area contributed by atoms with Crippen molar-refractivity contribution in [2.45, 2.75) is 37.6 Å². The number of rotatable bonds is 3. The number of fused-ring (bicyclic) bond motifs is 2. The van der Waals surface area contributed by atoms with E-state index in [4.69, 9.17) is 26.7 Å². The van der Waals surface area contributed by atoms with Crippen molar-refractivity contribution < 1.29 is 9.47 Å². The van der Waals surface area contributed by atoms with Crippen LogP contribution in [0.25, 0.3) is 11.0 Å². The van der Waals surface area contributed by atoms with Crippen LogP contribution in [0.4, 0.5) is 0 Å². The molecule has 7 heteroatoms. The predicted octanol–water partition coefficient (Wildman–Crippen LogP) is 4.75. The third kappa shape index (κ3) is 4.19. The van der Waals surface area contributed by atoms with Crippen LogP contribution >= 0.6 is 24.6 Å². The van der Waals surface area contributed by atoms with Gasteiger partial charge in [0.1, 0.15) is 24.0 Å². The number of thiocarbonyl (C=S) groups is 1. The summed E-state index contributed by atoms with van der Waals surface area (Å²) >= 11 is 5.68. The number of hydrogen-bond donors (Lipinski definition) is 2. The van der Waals surface area contributed by atoms with E-state index in [1.54, 1.807) is 0 Å². The van der Waals surface area contributed by atoms with E-state index in [2.05, 4.69) is 22.4 Å². The summed E-state index contributed by atoms with van der Waals surface area (Å²) in [4.78, 5) is 9.08. The molecular weight excluding hydrogens is 406 g/mol. The van der Waals surface area contributed by atoms with Crippen LogP contribution in [-0.2, 0) is 0 Å². The number of nitrogens with zero attached hydrogens (tertiary/aromatic N) is 1. The first-order valence-electron chi connectivity index (χ1n) is 9.91. The SMILES string of the molecule is Cl.S=C(N[C@@H]1CCC[C@H](c2nc3ccccc3[nH]2)C1)c1ccc2c(c1)OCCO2. The van der Waals surface area contributed by atoms with Crippen molar-refractivity contribution in [2.24, 2.45) is 0 Å². The number of nitrogens with one attached hydrogen (secondary N) is 2. The Morgan fingerprint density at radius 2 is 1.90 bits per heavy atom. The first-order valence-corrected chi connectivity index (χ1v) is 10.3. The Morgan fingerprint density at radius 3 is 2.76 bits per heavy atom. The molecule has 2 aromatic carbocycles. The molecule has 2 aliphatic rings. The Balaban J connectivity index is 0.00000205. The lowest BCUT2D eigenvalue weighted by Gasteiger charge is -2.29. The molecular formula is C22H24ClN3O2S. The number of halogens is 1. The van der Waals surface area contributed by atoms with Crippen molar-refractivity contribution >= 4 is 40.6 Å². The zero-order valence-corrected chi connectivity index (χ0v) is 17.7. The molecule has 0 spiro atoms. The lowest BCUT2D eigenvalue weighted by molar-refractivity contribution is 0.171. The summed E-state index contributed by atoms with van der Waals surface area (Å²) in [6, 6.07) is 14.5. The highest BCUT2D eigenvalue weighted by Gasteiger charge is 2.26. The standard InChI is InChI=1S/C22H23N3O2S.ClH/c28-22(15-8-9-19-20(13-15)27-11-10-26-19)23-16-5-3-4-14(12-16)21-24-17-6-1-2-7-18(17)25-21;/h1-2,6-9,13-14,16H,3-5,10-12H2,(H,23,28)(H,24,25);1H/t14-,16+;/m0./s1. The Bertz CT molecular complexity index is 989. The summed E-state index contributed by atoms with van der Waals surface area (Å²) in [7, 11) is 0. The normalized spacial score (nSPS) is 20.7. The largest absolute Gasteiger partial charge is 0.486 e. The van der Waals surface area contributed by atoms with Gasteiger partial charge in [0.25, 0.3) is 0 Å². The van der Waals surface area contributed by atoms with Gasteiger partial charge in [0.05, 0.1) is 11.0 Å². The van der Waals surface area contributed by atoms with Crippen LogP contribution in [0.15, 0.2) is 42.5 Å². The van der Waals surface area contributed by atoms with Crippen LogP contribution in [0.5, 0.6) is 11.5 Å². The van der Waals surface area contributed by atoms with Gasteiger partial charge in [0.2, 0.25) is 0 Å². The van der Waals surface area contributed by atoms with Crippen LogP contribution in [-0.4, -0.2) is 34.2 Å². The summed E-state index contributed by atoms with van der Waals surface area (Å²) in [5, 5.41) is 3.57. The molecule has 0 radical (unpaired) electrons. The molecule has 1 aliphatic carbocycles. The number of hydrogen-bond acceptors (Lipinski definition) is 4. The lowest BCUT2D eigenvalue weighted by Crippen LogP contribution is -2.37. The molecule has 5 nitrogen and oxygen atoms in total. The Hall–Kier alpha value is -2.31. The number of benzene rings is 2. The van der Waals surface area contributed by atoms with Gasteiger partial charge in [0, 0.05) is 17.5 Å². The molecule has 0 saturated heterocycles. The van der Waals surface area contributed by atoms with Crippen molar-refractivity contribution in [3.63, 3.8) is 0 Å². The number of ether oxygens (including phenoxy) is 2. The number of H-pyrrole nitrogens is 1. The molecule has 0 bridgehead atoms. The zero-order valence-electron chi connectivity index (χ0n) is 16.0. The lowest BCUT2D eigenvalue weighted by atomic mass is 9.85. The summed E-state index contributed by atoms with van der Waals surface area (Å²) in [6.07, 6.45) is 4.49. The minimum absolute atomic E-state index is 0. The third-order valence-corrected chi connectivity index (χ3v) is 5.96. The first kappa shape index (κ1) is 20.0. The predicted molar refractivity (Wildman–Crippen MR) is 121 cm³/mol. The molecule has 1 aliphatic heterocycles. The number of imidazole rings is 1. The van der Waals surface area contributed by atoms with Crippen molar-refractivity contribution in [1.82, 2.24) is 15.3 Å². The van der Waals surface area contributed by atoms with Gasteiger partial charge in [-0.25, -0.2) is 4.98 Å². The van der Waals surface area contributed by atoms with Crippen molar-refractivity contribution in [3.8, 4) is 11.5 Å². The quantitative estimate of drug-likeness (QED) is 0.588. The minimum atomic E-state index is 0. The summed E-state index contributed by atoms with van der Waals surface area (Å²) in [5.74, 6) is 3.09. The van der Waals surface area contributed by atoms with E-state index >= 15 is 0 Å². The van der Waals surface area contributed by atoms with Crippen LogP contribution in [0.1, 0.15) is 43.0 Å². The Kier molecular flexibility index (Phi) is 5.92. The molecule has 0 unspecified atom stereocenters. The molecule has 2 heterocycles. The Labute approximate surface area is 181 Å². The fraction of sp³-hybridized carbons (Fsp3) is 0.364. The molecule has 1 fully saturated rings. The second kappa shape index (κ2) is 8.59. The molecule has 5 rings (SSSR count). The van der Waals surface area contributed by atoms with E-state index in [1.807, 2.05) is 30.3 Å². The fourth-order valence-electron chi connectivity index (χ4n) is 4.19. The monoisotopic (exact) mass is 429 g/mol. The van der Waals surface area contributed by atoms with Gasteiger partial charge < -0.3 is 19.8 Å². The maximum absolute atomic E-state index is 5.68. The summed E-state index contributed by atoms with van der Waals surface area (Å²) < 4.78 is 11.3. The topological polar surface area (TPSA) is 59.2 Å². The van der Waals surface area contributed by atoms with Crippen molar-refractivity contribution in [1.29, 1.82) is 0 Å². The van der Waals surface area contributed by atoms with Crippen molar-refractivity contribution in [3.05, 3.63) is 53.9 Å². The van der Waals surface area contributed by atoms with E-state index in [9.17, 15) is 0 Å². The smallest absolute Gasteiger partial charge is 0.162 e. The van der Waals surface area contributed by atoms with E-state index in [1.165, 1.54) is 6.42 Å². The minimum Gasteiger partial charge on any atom is -0.486 e. The van der Waals surface area contributed by atoms with E-state index in [0.29, 0.717) is 25.2 Å². The van der Waals surface area contributed by atoms with Crippen LogP contribution in [0.2, 0.25) is 0 Å². The number of para-hydroxylation sites is 2. The second-order valence-electron chi connectivity index (χ2n) is 7.53. The number of aromatic amines is 1. The van der Waals surface area contributed by atoms with Crippen molar-refractivity contribution in [2.75, 3.05) is 13.2 Å². The maximum Gasteiger partial charge on any atom is 0.162 e. The zero-order chi connectivity index (χ0) is 18.9. The van der Waals surface area contributed by atoms with Gasteiger partial charge in [-0.15, -0.1) is 12.4 Å². The highest BCUT2D eigenvalue weighted by atomic mass is 35.5. The summed E-state index contributed by atoms with van der Waals surface area (Å²) in [6.45, 7) is 1.18. The van der Waals surface area contributed by atoms with E-state index < -0.39 is 0 Å². The van der Waals surface area contributed by atoms with Crippen LogP contribution in [0.3, 0.4) is 0 Å². The van der Waals surface area contributed by atoms with Gasteiger partial charge >= 0.3 is 0 Å². The number of aromatic nitrogens is 2. The van der Waals surface area contributed by atoms with E-state index in [-0.39, 0.29) is 12.4 Å². The van der Waals surface area contributed by atoms with Gasteiger partial charge in [-0.2, -0.15) is 0 Å². The highest BCUT2D eigenvalue weighted by Crippen LogP contribution is 2.34. The second-order valence-corrected chi connectivity index (χ2v) is 7.94.